The number of hydrazone groups is 1. The summed E-state index contributed by atoms with van der Waals surface area (Å²) >= 11 is 1.38. The Morgan fingerprint density at radius 2 is 2.50 bits per heavy atom. The quantitative estimate of drug-likeness (QED) is 0.770. The van der Waals surface area contributed by atoms with Crippen LogP contribution >= 0.6 is 11.3 Å². The van der Waals surface area contributed by atoms with E-state index < -0.39 is 0 Å². The summed E-state index contributed by atoms with van der Waals surface area (Å²) in [6, 6.07) is 0. The molecule has 1 amide bonds. The minimum atomic E-state index is -0.279. The number of amides is 1. The van der Waals surface area contributed by atoms with Crippen molar-refractivity contribution in [2.45, 2.75) is 6.92 Å². The first-order valence-electron chi connectivity index (χ1n) is 4.22. The summed E-state index contributed by atoms with van der Waals surface area (Å²) in [6.45, 7) is 2.11. The summed E-state index contributed by atoms with van der Waals surface area (Å²) in [7, 11) is 0. The molecule has 1 aromatic rings. The molecule has 1 aliphatic rings. The molecule has 1 unspecified atom stereocenters. The smallest absolute Gasteiger partial charge is 0.259 e. The van der Waals surface area contributed by atoms with Crippen molar-refractivity contribution in [3.05, 3.63) is 11.6 Å². The lowest BCUT2D eigenvalue weighted by molar-refractivity contribution is -0.119. The van der Waals surface area contributed by atoms with Gasteiger partial charge in [-0.3, -0.25) is 4.79 Å². The van der Waals surface area contributed by atoms with E-state index in [2.05, 4.69) is 10.1 Å². The molecule has 0 saturated heterocycles. The van der Waals surface area contributed by atoms with Crippen molar-refractivity contribution in [1.29, 1.82) is 0 Å². The van der Waals surface area contributed by atoms with Gasteiger partial charge in [-0.15, -0.1) is 11.3 Å². The highest BCUT2D eigenvalue weighted by molar-refractivity contribution is 7.13. The van der Waals surface area contributed by atoms with Crippen molar-refractivity contribution in [3.8, 4) is 0 Å². The molecule has 0 spiro atoms. The van der Waals surface area contributed by atoms with E-state index in [1.165, 1.54) is 16.3 Å². The maximum atomic E-state index is 11.7. The summed E-state index contributed by atoms with van der Waals surface area (Å²) in [4.78, 5) is 15.8. The number of anilines is 1. The van der Waals surface area contributed by atoms with Gasteiger partial charge in [-0.2, -0.15) is 10.1 Å². The second kappa shape index (κ2) is 3.47. The van der Waals surface area contributed by atoms with Crippen LogP contribution in [-0.2, 0) is 4.79 Å². The predicted octanol–water partition coefficient (Wildman–Crippen LogP) is 0.441. The SMILES string of the molecule is CC1=NN(c2nccs2)C(=O)C1CN. The molecule has 0 aromatic carbocycles. The molecule has 0 bridgehead atoms. The first-order valence-corrected chi connectivity index (χ1v) is 5.10. The van der Waals surface area contributed by atoms with Gasteiger partial charge in [0, 0.05) is 23.8 Å². The average molecular weight is 210 g/mol. The molecule has 1 aromatic heterocycles. The molecule has 2 N–H and O–H groups in total. The molecule has 74 valence electrons. The van der Waals surface area contributed by atoms with Crippen LogP contribution in [-0.4, -0.2) is 23.1 Å². The number of carbonyl (C=O) groups excluding carboxylic acids is 1. The van der Waals surface area contributed by atoms with Crippen LogP contribution in [0.5, 0.6) is 0 Å². The predicted molar refractivity (Wildman–Crippen MR) is 55.3 cm³/mol. The van der Waals surface area contributed by atoms with Gasteiger partial charge in [0.2, 0.25) is 5.13 Å². The summed E-state index contributed by atoms with van der Waals surface area (Å²) in [5, 5.41) is 7.87. The third kappa shape index (κ3) is 1.32. The van der Waals surface area contributed by atoms with Crippen LogP contribution in [0.25, 0.3) is 0 Å². The van der Waals surface area contributed by atoms with Crippen molar-refractivity contribution in [3.63, 3.8) is 0 Å². The molecule has 6 heteroatoms. The summed E-state index contributed by atoms with van der Waals surface area (Å²) in [5.74, 6) is -0.362. The normalized spacial score (nSPS) is 21.6. The minimum Gasteiger partial charge on any atom is -0.329 e. The zero-order chi connectivity index (χ0) is 10.1. The molecule has 1 aliphatic heterocycles. The second-order valence-corrected chi connectivity index (χ2v) is 3.87. The Bertz CT molecular complexity index is 373. The molecule has 0 radical (unpaired) electrons. The van der Waals surface area contributed by atoms with E-state index in [-0.39, 0.29) is 11.8 Å². The number of aromatic nitrogens is 1. The summed E-state index contributed by atoms with van der Waals surface area (Å²) in [5.41, 5.74) is 6.24. The Labute approximate surface area is 85.2 Å². The van der Waals surface area contributed by atoms with Crippen LogP contribution in [0.2, 0.25) is 0 Å². The van der Waals surface area contributed by atoms with E-state index in [1.54, 1.807) is 6.20 Å². The molecular weight excluding hydrogens is 200 g/mol. The summed E-state index contributed by atoms with van der Waals surface area (Å²) in [6.07, 6.45) is 1.65. The Morgan fingerprint density at radius 3 is 3.00 bits per heavy atom. The highest BCUT2D eigenvalue weighted by Crippen LogP contribution is 2.24. The lowest BCUT2D eigenvalue weighted by Crippen LogP contribution is -2.31. The first kappa shape index (κ1) is 9.29. The fourth-order valence-corrected chi connectivity index (χ4v) is 1.93. The third-order valence-electron chi connectivity index (χ3n) is 2.11. The number of rotatable bonds is 2. The maximum absolute atomic E-state index is 11.7. The molecule has 5 nitrogen and oxygen atoms in total. The van der Waals surface area contributed by atoms with E-state index in [4.69, 9.17) is 5.73 Å². The zero-order valence-corrected chi connectivity index (χ0v) is 8.49. The number of hydrogen-bond acceptors (Lipinski definition) is 5. The van der Waals surface area contributed by atoms with E-state index in [1.807, 2.05) is 12.3 Å². The number of thiazole rings is 1. The van der Waals surface area contributed by atoms with E-state index in [9.17, 15) is 4.79 Å². The Kier molecular flexibility index (Phi) is 2.30. The third-order valence-corrected chi connectivity index (χ3v) is 2.85. The van der Waals surface area contributed by atoms with Crippen LogP contribution in [0.3, 0.4) is 0 Å². The van der Waals surface area contributed by atoms with Crippen molar-refractivity contribution >= 4 is 28.1 Å². The van der Waals surface area contributed by atoms with Crippen LogP contribution < -0.4 is 10.7 Å². The van der Waals surface area contributed by atoms with E-state index >= 15 is 0 Å². The van der Waals surface area contributed by atoms with Crippen molar-refractivity contribution < 1.29 is 4.79 Å². The van der Waals surface area contributed by atoms with Crippen LogP contribution in [0, 0.1) is 5.92 Å². The molecular formula is C8H10N4OS. The van der Waals surface area contributed by atoms with Gasteiger partial charge in [0.05, 0.1) is 5.92 Å². The van der Waals surface area contributed by atoms with E-state index in [0.717, 1.165) is 5.71 Å². The molecule has 14 heavy (non-hydrogen) atoms. The Balaban J connectivity index is 2.29. The van der Waals surface area contributed by atoms with Gasteiger partial charge in [-0.25, -0.2) is 4.98 Å². The van der Waals surface area contributed by atoms with Crippen molar-refractivity contribution in [2.75, 3.05) is 11.6 Å². The monoisotopic (exact) mass is 210 g/mol. The van der Waals surface area contributed by atoms with Gasteiger partial charge in [0.1, 0.15) is 0 Å². The largest absolute Gasteiger partial charge is 0.329 e. The standard InChI is InChI=1S/C8H10N4OS/c1-5-6(4-9)7(13)12(11-5)8-10-2-3-14-8/h2-3,6H,4,9H2,1H3. The van der Waals surface area contributed by atoms with Crippen molar-refractivity contribution in [2.24, 2.45) is 16.8 Å². The molecule has 1 atom stereocenters. The second-order valence-electron chi connectivity index (χ2n) is 2.99. The number of nitrogens with zero attached hydrogens (tertiary/aromatic N) is 3. The average Bonchev–Trinajstić information content (AvgIpc) is 2.74. The van der Waals surface area contributed by atoms with Gasteiger partial charge in [-0.1, -0.05) is 0 Å². The number of nitrogens with two attached hydrogens (primary N) is 1. The molecule has 2 heterocycles. The summed E-state index contributed by atoms with van der Waals surface area (Å²) < 4.78 is 0. The fraction of sp³-hybridized carbons (Fsp3) is 0.375. The molecule has 2 rings (SSSR count). The van der Waals surface area contributed by atoms with Gasteiger partial charge in [0.25, 0.3) is 5.91 Å². The minimum absolute atomic E-state index is 0.0834. The van der Waals surface area contributed by atoms with Crippen LogP contribution in [0.15, 0.2) is 16.7 Å². The highest BCUT2D eigenvalue weighted by atomic mass is 32.1. The maximum Gasteiger partial charge on any atom is 0.259 e. The highest BCUT2D eigenvalue weighted by Gasteiger charge is 2.34. The van der Waals surface area contributed by atoms with Crippen LogP contribution in [0.1, 0.15) is 6.92 Å². The Hall–Kier alpha value is -1.27. The fourth-order valence-electron chi connectivity index (χ4n) is 1.33. The first-order chi connectivity index (χ1) is 6.74. The van der Waals surface area contributed by atoms with Crippen LogP contribution in [0.4, 0.5) is 5.13 Å². The van der Waals surface area contributed by atoms with Gasteiger partial charge < -0.3 is 5.73 Å². The Morgan fingerprint density at radius 1 is 1.71 bits per heavy atom. The molecule has 0 aliphatic carbocycles. The van der Waals surface area contributed by atoms with Gasteiger partial charge in [0.15, 0.2) is 0 Å². The van der Waals surface area contributed by atoms with Crippen molar-refractivity contribution in [1.82, 2.24) is 4.98 Å². The van der Waals surface area contributed by atoms with Gasteiger partial charge >= 0.3 is 0 Å². The lowest BCUT2D eigenvalue weighted by Gasteiger charge is -2.08. The zero-order valence-electron chi connectivity index (χ0n) is 7.67. The molecule has 0 fully saturated rings. The number of hydrogen-bond donors (Lipinski definition) is 1. The van der Waals surface area contributed by atoms with E-state index in [0.29, 0.717) is 11.7 Å². The molecule has 0 saturated carbocycles. The number of carbonyl (C=O) groups is 1. The van der Waals surface area contributed by atoms with Gasteiger partial charge in [-0.05, 0) is 6.92 Å². The topological polar surface area (TPSA) is 71.6 Å². The lowest BCUT2D eigenvalue weighted by atomic mass is 10.1.